The average molecular weight is 402 g/mol. The molecule has 2 amide bonds. The zero-order chi connectivity index (χ0) is 21.1. The molecule has 1 aliphatic heterocycles. The van der Waals surface area contributed by atoms with Crippen molar-refractivity contribution in [2.45, 2.75) is 6.42 Å². The first-order valence-electron chi connectivity index (χ1n) is 9.49. The molecule has 150 valence electrons. The molecule has 0 bridgehead atoms. The monoisotopic (exact) mass is 402 g/mol. The summed E-state index contributed by atoms with van der Waals surface area (Å²) in [5.74, 6) is -1.17. The minimum Gasteiger partial charge on any atom is -0.308 e. The van der Waals surface area contributed by atoms with E-state index in [9.17, 15) is 14.0 Å². The van der Waals surface area contributed by atoms with Crippen LogP contribution in [0.15, 0.2) is 72.8 Å². The van der Waals surface area contributed by atoms with Gasteiger partial charge in [0.25, 0.3) is 11.8 Å². The van der Waals surface area contributed by atoms with E-state index in [1.807, 2.05) is 30.3 Å². The van der Waals surface area contributed by atoms with Gasteiger partial charge in [0.2, 0.25) is 0 Å². The first-order valence-corrected chi connectivity index (χ1v) is 9.49. The molecule has 2 N–H and O–H groups in total. The van der Waals surface area contributed by atoms with Crippen molar-refractivity contribution in [2.75, 3.05) is 11.4 Å². The lowest BCUT2D eigenvalue weighted by Gasteiger charge is -2.20. The van der Waals surface area contributed by atoms with Crippen LogP contribution in [0, 0.1) is 5.82 Å². The van der Waals surface area contributed by atoms with Gasteiger partial charge >= 0.3 is 0 Å². The van der Waals surface area contributed by atoms with Crippen LogP contribution < -0.4 is 10.4 Å². The van der Waals surface area contributed by atoms with Gasteiger partial charge in [-0.2, -0.15) is 0 Å². The molecule has 0 radical (unpaired) electrons. The maximum atomic E-state index is 13.5. The first-order chi connectivity index (χ1) is 14.6. The fourth-order valence-corrected chi connectivity index (χ4v) is 3.58. The molecular weight excluding hydrogens is 383 g/mol. The number of amides is 2. The molecule has 4 rings (SSSR count). The van der Waals surface area contributed by atoms with Gasteiger partial charge in [-0.15, -0.1) is 0 Å². The van der Waals surface area contributed by atoms with Crippen molar-refractivity contribution in [3.63, 3.8) is 0 Å². The number of nitrogens with zero attached hydrogens (tertiary/aromatic N) is 1. The Morgan fingerprint density at radius 1 is 0.967 bits per heavy atom. The number of anilines is 1. The summed E-state index contributed by atoms with van der Waals surface area (Å²) in [7, 11) is 0. The van der Waals surface area contributed by atoms with Gasteiger partial charge in [0, 0.05) is 23.4 Å². The van der Waals surface area contributed by atoms with Crippen LogP contribution in [0.4, 0.5) is 10.1 Å². The summed E-state index contributed by atoms with van der Waals surface area (Å²) >= 11 is 0. The molecule has 0 fully saturated rings. The third kappa shape index (κ3) is 3.86. The van der Waals surface area contributed by atoms with Gasteiger partial charge in [-0.1, -0.05) is 42.5 Å². The summed E-state index contributed by atoms with van der Waals surface area (Å²) in [4.78, 5) is 26.8. The molecule has 0 atom stereocenters. The van der Waals surface area contributed by atoms with Crippen LogP contribution in [-0.2, 0) is 11.2 Å². The Labute approximate surface area is 173 Å². The largest absolute Gasteiger partial charge is 0.308 e. The van der Waals surface area contributed by atoms with E-state index in [2.05, 4.69) is 0 Å². The summed E-state index contributed by atoms with van der Waals surface area (Å²) < 4.78 is 13.4. The van der Waals surface area contributed by atoms with E-state index in [1.54, 1.807) is 46.8 Å². The second-order valence-corrected chi connectivity index (χ2v) is 6.97. The fraction of sp³-hybridized carbons (Fsp3) is 0.0833. The minimum atomic E-state index is -0.599. The average Bonchev–Trinajstić information content (AvgIpc) is 3.21. The zero-order valence-electron chi connectivity index (χ0n) is 16.0. The van der Waals surface area contributed by atoms with Gasteiger partial charge in [-0.05, 0) is 59.5 Å². The van der Waals surface area contributed by atoms with Crippen LogP contribution in [0.2, 0.25) is 0 Å². The highest BCUT2D eigenvalue weighted by atomic mass is 19.1. The molecule has 1 aliphatic rings. The molecule has 0 unspecified atom stereocenters. The lowest BCUT2D eigenvalue weighted by Crippen LogP contribution is -2.29. The molecule has 30 heavy (non-hydrogen) atoms. The number of halogens is 1. The SMILES string of the molecule is O=C(NO)c1ccc2c(c1)CCN2C(=O)/C(=C/c1ccccc1)c1ccc(F)cc1. The van der Waals surface area contributed by atoms with Crippen molar-refractivity contribution in [3.05, 3.63) is 101 Å². The van der Waals surface area contributed by atoms with Crippen LogP contribution in [0.1, 0.15) is 27.0 Å². The number of fused-ring (bicyclic) bond motifs is 1. The summed E-state index contributed by atoms with van der Waals surface area (Å²) in [6.07, 6.45) is 2.39. The van der Waals surface area contributed by atoms with E-state index in [1.165, 1.54) is 12.1 Å². The number of benzene rings is 3. The van der Waals surface area contributed by atoms with Crippen LogP contribution in [-0.4, -0.2) is 23.6 Å². The number of carbonyl (C=O) groups is 2. The number of carbonyl (C=O) groups excluding carboxylic acids is 2. The molecule has 3 aromatic carbocycles. The fourth-order valence-electron chi connectivity index (χ4n) is 3.58. The lowest BCUT2D eigenvalue weighted by atomic mass is 10.0. The van der Waals surface area contributed by atoms with E-state index in [0.29, 0.717) is 29.7 Å². The van der Waals surface area contributed by atoms with Crippen molar-refractivity contribution in [2.24, 2.45) is 0 Å². The van der Waals surface area contributed by atoms with Crippen LogP contribution in [0.3, 0.4) is 0 Å². The molecular formula is C24H19FN2O3. The van der Waals surface area contributed by atoms with Crippen molar-refractivity contribution < 1.29 is 19.2 Å². The van der Waals surface area contributed by atoms with E-state index in [0.717, 1.165) is 16.8 Å². The first kappa shape index (κ1) is 19.5. The van der Waals surface area contributed by atoms with E-state index >= 15 is 0 Å². The van der Waals surface area contributed by atoms with Gasteiger partial charge in [0.1, 0.15) is 5.82 Å². The Morgan fingerprint density at radius 3 is 2.37 bits per heavy atom. The molecule has 3 aromatic rings. The van der Waals surface area contributed by atoms with Gasteiger partial charge in [-0.25, -0.2) is 9.87 Å². The van der Waals surface area contributed by atoms with Gasteiger partial charge in [-0.3, -0.25) is 14.8 Å². The van der Waals surface area contributed by atoms with Gasteiger partial charge in [0.15, 0.2) is 0 Å². The number of hydrogen-bond acceptors (Lipinski definition) is 3. The molecule has 0 aliphatic carbocycles. The maximum Gasteiger partial charge on any atom is 0.274 e. The maximum absolute atomic E-state index is 13.5. The Balaban J connectivity index is 1.73. The quantitative estimate of drug-likeness (QED) is 0.299. The normalized spacial score (nSPS) is 13.1. The molecule has 5 nitrogen and oxygen atoms in total. The standard InChI is InChI=1S/C24H19FN2O3/c25-20-9-6-17(7-10-20)21(14-16-4-2-1-3-5-16)24(29)27-13-12-18-15-19(23(28)26-30)8-11-22(18)27/h1-11,14-15,30H,12-13H2,(H,26,28)/b21-14+. The van der Waals surface area contributed by atoms with Crippen molar-refractivity contribution in [3.8, 4) is 0 Å². The lowest BCUT2D eigenvalue weighted by molar-refractivity contribution is -0.113. The molecule has 1 heterocycles. The third-order valence-electron chi connectivity index (χ3n) is 5.08. The molecule has 6 heteroatoms. The Hall–Kier alpha value is -3.77. The minimum absolute atomic E-state index is 0.205. The van der Waals surface area contributed by atoms with Gasteiger partial charge in [0.05, 0.1) is 0 Å². The number of rotatable bonds is 4. The molecule has 0 saturated carbocycles. The van der Waals surface area contributed by atoms with E-state index in [4.69, 9.17) is 5.21 Å². The van der Waals surface area contributed by atoms with Crippen molar-refractivity contribution in [1.82, 2.24) is 5.48 Å². The van der Waals surface area contributed by atoms with Crippen LogP contribution >= 0.6 is 0 Å². The highest BCUT2D eigenvalue weighted by Gasteiger charge is 2.28. The van der Waals surface area contributed by atoms with Crippen LogP contribution in [0.5, 0.6) is 0 Å². The Morgan fingerprint density at radius 2 is 1.67 bits per heavy atom. The van der Waals surface area contributed by atoms with E-state index < -0.39 is 5.91 Å². The zero-order valence-corrected chi connectivity index (χ0v) is 16.0. The summed E-state index contributed by atoms with van der Waals surface area (Å²) in [6, 6.07) is 20.3. The smallest absolute Gasteiger partial charge is 0.274 e. The predicted octanol–water partition coefficient (Wildman–Crippen LogP) is 4.07. The molecule has 0 aromatic heterocycles. The summed E-state index contributed by atoms with van der Waals surface area (Å²) in [6.45, 7) is 0.464. The second-order valence-electron chi connectivity index (χ2n) is 6.97. The number of hydrogen-bond donors (Lipinski definition) is 2. The Bertz CT molecular complexity index is 1120. The van der Waals surface area contributed by atoms with Crippen LogP contribution in [0.25, 0.3) is 11.6 Å². The topological polar surface area (TPSA) is 69.6 Å². The molecule has 0 saturated heterocycles. The summed E-state index contributed by atoms with van der Waals surface area (Å²) in [5.41, 5.74) is 5.44. The van der Waals surface area contributed by atoms with E-state index in [-0.39, 0.29) is 11.7 Å². The Kier molecular flexibility index (Phi) is 5.41. The summed E-state index contributed by atoms with van der Waals surface area (Å²) in [5, 5.41) is 8.84. The number of nitrogens with one attached hydrogen (secondary N) is 1. The number of hydroxylamine groups is 1. The van der Waals surface area contributed by atoms with Crippen molar-refractivity contribution in [1.29, 1.82) is 0 Å². The highest BCUT2D eigenvalue weighted by molar-refractivity contribution is 6.30. The predicted molar refractivity (Wildman–Crippen MR) is 112 cm³/mol. The third-order valence-corrected chi connectivity index (χ3v) is 5.08. The van der Waals surface area contributed by atoms with Gasteiger partial charge < -0.3 is 4.90 Å². The van der Waals surface area contributed by atoms with Crippen molar-refractivity contribution >= 4 is 29.2 Å². The highest BCUT2D eigenvalue weighted by Crippen LogP contribution is 2.32. The second kappa shape index (κ2) is 8.31. The molecule has 0 spiro atoms.